The molecule has 0 amide bonds. The van der Waals surface area contributed by atoms with Crippen LogP contribution in [0.1, 0.15) is 33.6 Å². The van der Waals surface area contributed by atoms with Crippen molar-refractivity contribution in [2.24, 2.45) is 11.7 Å². The second-order valence-corrected chi connectivity index (χ2v) is 3.49. The molecule has 0 aromatic heterocycles. The average Bonchev–Trinajstić information content (AvgIpc) is 1.84. The maximum Gasteiger partial charge on any atom is 0.113 e. The van der Waals surface area contributed by atoms with Crippen molar-refractivity contribution in [3.05, 3.63) is 23.6 Å². The van der Waals surface area contributed by atoms with E-state index in [0.29, 0.717) is 11.6 Å². The van der Waals surface area contributed by atoms with Gasteiger partial charge in [0.2, 0.25) is 0 Å². The monoisotopic (exact) mass is 169 g/mol. The average molecular weight is 169 g/mol. The smallest absolute Gasteiger partial charge is 0.113 e. The van der Waals surface area contributed by atoms with Crippen molar-refractivity contribution in [1.82, 2.24) is 0 Å². The number of hydrogen-bond donors (Lipinski definition) is 2. The Kier molecular flexibility index (Phi) is 5.26. The highest BCUT2D eigenvalue weighted by Gasteiger charge is 1.92. The molecule has 2 nitrogen and oxygen atoms in total. The lowest BCUT2D eigenvalue weighted by atomic mass is 10.1. The standard InChI is InChI=1S/C10H19NO/c1-8(2)5-4-6-10(12)7-9(3)11/h6-8,12H,4-5,11H2,1-3H3/b9-7-,10-6+. The number of aliphatic hydroxyl groups is 1. The summed E-state index contributed by atoms with van der Waals surface area (Å²) in [5, 5.41) is 9.24. The van der Waals surface area contributed by atoms with Crippen LogP contribution in [0.25, 0.3) is 0 Å². The summed E-state index contributed by atoms with van der Waals surface area (Å²) in [5.41, 5.74) is 6.02. The molecule has 0 rings (SSSR count). The molecule has 70 valence electrons. The zero-order valence-electron chi connectivity index (χ0n) is 8.17. The molecule has 0 aromatic carbocycles. The second kappa shape index (κ2) is 5.70. The number of aliphatic hydroxyl groups excluding tert-OH is 1. The van der Waals surface area contributed by atoms with Crippen molar-refractivity contribution < 1.29 is 5.11 Å². The van der Waals surface area contributed by atoms with Gasteiger partial charge in [0.05, 0.1) is 0 Å². The van der Waals surface area contributed by atoms with Gasteiger partial charge >= 0.3 is 0 Å². The molecule has 0 saturated heterocycles. The van der Waals surface area contributed by atoms with E-state index < -0.39 is 0 Å². The molecule has 0 aliphatic rings. The lowest BCUT2D eigenvalue weighted by Gasteiger charge is -1.99. The number of hydrogen-bond acceptors (Lipinski definition) is 2. The zero-order valence-corrected chi connectivity index (χ0v) is 8.17. The molecule has 0 aliphatic carbocycles. The van der Waals surface area contributed by atoms with Crippen LogP contribution >= 0.6 is 0 Å². The summed E-state index contributed by atoms with van der Waals surface area (Å²) in [5.74, 6) is 0.952. The normalized spacial score (nSPS) is 14.0. The molecule has 0 unspecified atom stereocenters. The predicted molar refractivity (Wildman–Crippen MR) is 52.7 cm³/mol. The summed E-state index contributed by atoms with van der Waals surface area (Å²) in [6, 6.07) is 0. The van der Waals surface area contributed by atoms with Crippen molar-refractivity contribution in [1.29, 1.82) is 0 Å². The van der Waals surface area contributed by atoms with Crippen LogP contribution in [0, 0.1) is 5.92 Å². The fourth-order valence-electron chi connectivity index (χ4n) is 0.857. The third kappa shape index (κ3) is 7.19. The molecule has 3 N–H and O–H groups in total. The fraction of sp³-hybridized carbons (Fsp3) is 0.600. The van der Waals surface area contributed by atoms with Crippen molar-refractivity contribution in [2.45, 2.75) is 33.6 Å². The van der Waals surface area contributed by atoms with Gasteiger partial charge in [0, 0.05) is 5.70 Å². The third-order valence-electron chi connectivity index (χ3n) is 1.47. The molecule has 0 saturated carbocycles. The lowest BCUT2D eigenvalue weighted by Crippen LogP contribution is -1.91. The summed E-state index contributed by atoms with van der Waals surface area (Å²) in [6.07, 6.45) is 5.38. The first-order valence-corrected chi connectivity index (χ1v) is 4.35. The summed E-state index contributed by atoms with van der Waals surface area (Å²) >= 11 is 0. The van der Waals surface area contributed by atoms with E-state index >= 15 is 0 Å². The van der Waals surface area contributed by atoms with Crippen molar-refractivity contribution in [3.63, 3.8) is 0 Å². The summed E-state index contributed by atoms with van der Waals surface area (Å²) < 4.78 is 0. The van der Waals surface area contributed by atoms with E-state index in [0.717, 1.165) is 12.8 Å². The highest BCUT2D eigenvalue weighted by molar-refractivity contribution is 5.13. The van der Waals surface area contributed by atoms with Crippen molar-refractivity contribution in [3.8, 4) is 0 Å². The molecule has 2 heteroatoms. The molecule has 0 fully saturated rings. The van der Waals surface area contributed by atoms with Gasteiger partial charge in [-0.3, -0.25) is 0 Å². The topological polar surface area (TPSA) is 46.2 Å². The van der Waals surface area contributed by atoms with Gasteiger partial charge in [0.15, 0.2) is 0 Å². The van der Waals surface area contributed by atoms with Crippen LogP contribution in [0.2, 0.25) is 0 Å². The Morgan fingerprint density at radius 3 is 2.50 bits per heavy atom. The van der Waals surface area contributed by atoms with Gasteiger partial charge in [-0.25, -0.2) is 0 Å². The van der Waals surface area contributed by atoms with Crippen LogP contribution < -0.4 is 5.73 Å². The Labute approximate surface area is 74.8 Å². The molecule has 0 aromatic rings. The van der Waals surface area contributed by atoms with Gasteiger partial charge in [-0.1, -0.05) is 13.8 Å². The maximum atomic E-state index is 9.24. The number of rotatable bonds is 4. The van der Waals surface area contributed by atoms with E-state index in [4.69, 9.17) is 5.73 Å². The molecule has 0 spiro atoms. The minimum Gasteiger partial charge on any atom is -0.508 e. The van der Waals surface area contributed by atoms with Crippen LogP contribution in [0.5, 0.6) is 0 Å². The summed E-state index contributed by atoms with van der Waals surface area (Å²) in [6.45, 7) is 6.08. The van der Waals surface area contributed by atoms with Crippen LogP contribution in [-0.4, -0.2) is 5.11 Å². The van der Waals surface area contributed by atoms with Crippen LogP contribution in [-0.2, 0) is 0 Å². The second-order valence-electron chi connectivity index (χ2n) is 3.49. The summed E-state index contributed by atoms with van der Waals surface area (Å²) in [7, 11) is 0. The van der Waals surface area contributed by atoms with Gasteiger partial charge < -0.3 is 10.8 Å². The van der Waals surface area contributed by atoms with Crippen LogP contribution in [0.4, 0.5) is 0 Å². The highest BCUT2D eigenvalue weighted by Crippen LogP contribution is 2.06. The Hall–Kier alpha value is -0.920. The largest absolute Gasteiger partial charge is 0.508 e. The lowest BCUT2D eigenvalue weighted by molar-refractivity contribution is 0.426. The molecule has 0 bridgehead atoms. The van der Waals surface area contributed by atoms with E-state index in [9.17, 15) is 5.11 Å². The number of allylic oxidation sites excluding steroid dienone is 3. The predicted octanol–water partition coefficient (Wildman–Crippen LogP) is 2.73. The molecular formula is C10H19NO. The van der Waals surface area contributed by atoms with Gasteiger partial charge in [0.25, 0.3) is 0 Å². The molecule has 12 heavy (non-hydrogen) atoms. The van der Waals surface area contributed by atoms with Gasteiger partial charge in [0.1, 0.15) is 5.76 Å². The highest BCUT2D eigenvalue weighted by atomic mass is 16.3. The van der Waals surface area contributed by atoms with E-state index in [-0.39, 0.29) is 5.76 Å². The van der Waals surface area contributed by atoms with Gasteiger partial charge in [-0.15, -0.1) is 0 Å². The van der Waals surface area contributed by atoms with Crippen LogP contribution in [0.3, 0.4) is 0 Å². The van der Waals surface area contributed by atoms with Crippen molar-refractivity contribution in [2.75, 3.05) is 0 Å². The zero-order chi connectivity index (χ0) is 9.56. The Bertz CT molecular complexity index is 176. The van der Waals surface area contributed by atoms with Gasteiger partial charge in [-0.05, 0) is 37.8 Å². The van der Waals surface area contributed by atoms with Crippen molar-refractivity contribution >= 4 is 0 Å². The molecular weight excluding hydrogens is 150 g/mol. The fourth-order valence-corrected chi connectivity index (χ4v) is 0.857. The first kappa shape index (κ1) is 11.1. The van der Waals surface area contributed by atoms with Crippen LogP contribution in [0.15, 0.2) is 23.6 Å². The van der Waals surface area contributed by atoms with E-state index in [2.05, 4.69) is 13.8 Å². The van der Waals surface area contributed by atoms with Gasteiger partial charge in [-0.2, -0.15) is 0 Å². The Morgan fingerprint density at radius 2 is 2.08 bits per heavy atom. The molecule has 0 atom stereocenters. The summed E-state index contributed by atoms with van der Waals surface area (Å²) in [4.78, 5) is 0. The van der Waals surface area contributed by atoms with E-state index in [1.54, 1.807) is 19.1 Å². The van der Waals surface area contributed by atoms with E-state index in [1.807, 2.05) is 0 Å². The molecule has 0 radical (unpaired) electrons. The van der Waals surface area contributed by atoms with E-state index in [1.165, 1.54) is 0 Å². The number of nitrogens with two attached hydrogens (primary N) is 1. The first-order valence-electron chi connectivity index (χ1n) is 4.35. The Morgan fingerprint density at radius 1 is 1.50 bits per heavy atom. The molecule has 0 aliphatic heterocycles. The third-order valence-corrected chi connectivity index (χ3v) is 1.47. The Balaban J connectivity index is 3.78. The SMILES string of the molecule is C/C(N)=C/C(O)=C\CCC(C)C. The minimum atomic E-state index is 0.274. The quantitative estimate of drug-likeness (QED) is 0.502. The minimum absolute atomic E-state index is 0.274. The maximum absolute atomic E-state index is 9.24. The molecule has 0 heterocycles. The first-order chi connectivity index (χ1) is 5.52.